The Morgan fingerprint density at radius 1 is 1.00 bits per heavy atom. The molecule has 3 aromatic carbocycles. The summed E-state index contributed by atoms with van der Waals surface area (Å²) in [4.78, 5) is 0. The Hall–Kier alpha value is -3.78. The molecule has 154 valence electrons. The Balaban J connectivity index is 1.36. The maximum absolute atomic E-state index is 6.30. The lowest BCUT2D eigenvalue weighted by molar-refractivity contribution is 0.415. The summed E-state index contributed by atoms with van der Waals surface area (Å²) in [6, 6.07) is 24.3. The van der Waals surface area contributed by atoms with Gasteiger partial charge in [0.25, 0.3) is 0 Å². The zero-order valence-electron chi connectivity index (χ0n) is 16.8. The molecule has 0 saturated heterocycles. The van der Waals surface area contributed by atoms with Crippen molar-refractivity contribution in [3.05, 3.63) is 78.4 Å². The number of benzene rings is 3. The maximum Gasteiger partial charge on any atom is 0.210 e. The van der Waals surface area contributed by atoms with Crippen LogP contribution in [0.2, 0.25) is 0 Å². The minimum absolute atomic E-state index is 0.535. The molecule has 31 heavy (non-hydrogen) atoms. The van der Waals surface area contributed by atoms with Crippen LogP contribution in [0.1, 0.15) is 5.56 Å². The second kappa shape index (κ2) is 8.16. The van der Waals surface area contributed by atoms with Gasteiger partial charge in [0, 0.05) is 11.3 Å². The SMILES string of the molecule is COc1ccc(-c2cc(-c3nnc(SCc4cccc5ccccc45)n3N)[nH]n2)cc1. The standard InChI is InChI=1S/C23H20N6OS/c1-30-18-11-9-16(10-12-18)20-13-21(26-25-20)22-27-28-23(29(22)24)31-14-17-7-4-6-15-5-2-3-8-19(15)17/h2-13H,14,24H2,1H3,(H,25,26). The zero-order chi connectivity index (χ0) is 21.2. The van der Waals surface area contributed by atoms with Crippen LogP contribution in [-0.2, 0) is 5.75 Å². The molecule has 0 saturated carbocycles. The predicted molar refractivity (Wildman–Crippen MR) is 123 cm³/mol. The smallest absolute Gasteiger partial charge is 0.210 e. The van der Waals surface area contributed by atoms with Gasteiger partial charge in [-0.3, -0.25) is 5.10 Å². The van der Waals surface area contributed by atoms with E-state index in [9.17, 15) is 0 Å². The van der Waals surface area contributed by atoms with Gasteiger partial charge in [-0.15, -0.1) is 10.2 Å². The van der Waals surface area contributed by atoms with Gasteiger partial charge in [0.2, 0.25) is 11.0 Å². The average Bonchev–Trinajstić information content (AvgIpc) is 3.44. The molecule has 0 aliphatic carbocycles. The molecule has 3 N–H and O–H groups in total. The summed E-state index contributed by atoms with van der Waals surface area (Å²) in [6.07, 6.45) is 0. The molecular formula is C23H20N6OS. The molecule has 0 radical (unpaired) electrons. The topological polar surface area (TPSA) is 94.6 Å². The molecule has 5 rings (SSSR count). The van der Waals surface area contributed by atoms with Crippen molar-refractivity contribution in [1.29, 1.82) is 0 Å². The van der Waals surface area contributed by atoms with E-state index >= 15 is 0 Å². The first-order valence-electron chi connectivity index (χ1n) is 9.73. The number of ether oxygens (including phenoxy) is 1. The lowest BCUT2D eigenvalue weighted by Crippen LogP contribution is -2.11. The van der Waals surface area contributed by atoms with Crippen molar-refractivity contribution in [3.63, 3.8) is 0 Å². The van der Waals surface area contributed by atoms with Gasteiger partial charge in [0.15, 0.2) is 0 Å². The molecule has 0 spiro atoms. The van der Waals surface area contributed by atoms with Gasteiger partial charge >= 0.3 is 0 Å². The van der Waals surface area contributed by atoms with Crippen molar-refractivity contribution >= 4 is 22.5 Å². The number of fused-ring (bicyclic) bond motifs is 1. The quantitative estimate of drug-likeness (QED) is 0.305. The number of hydrogen-bond donors (Lipinski definition) is 2. The minimum Gasteiger partial charge on any atom is -0.497 e. The predicted octanol–water partition coefficient (Wildman–Crippen LogP) is 4.50. The van der Waals surface area contributed by atoms with Gasteiger partial charge in [0.1, 0.15) is 11.4 Å². The third kappa shape index (κ3) is 3.73. The van der Waals surface area contributed by atoms with Crippen molar-refractivity contribution in [1.82, 2.24) is 25.1 Å². The van der Waals surface area contributed by atoms with E-state index in [1.807, 2.05) is 36.4 Å². The highest BCUT2D eigenvalue weighted by Gasteiger charge is 2.16. The number of aromatic amines is 1. The molecule has 2 heterocycles. The number of nitrogen functional groups attached to an aromatic ring is 1. The van der Waals surface area contributed by atoms with E-state index in [4.69, 9.17) is 10.6 Å². The second-order valence-corrected chi connectivity index (χ2v) is 7.94. The first kappa shape index (κ1) is 19.2. The molecule has 0 aliphatic heterocycles. The third-order valence-electron chi connectivity index (χ3n) is 5.11. The molecular weight excluding hydrogens is 408 g/mol. The molecule has 0 bridgehead atoms. The number of rotatable bonds is 6. The molecule has 7 nitrogen and oxygen atoms in total. The van der Waals surface area contributed by atoms with E-state index in [0.29, 0.717) is 16.7 Å². The summed E-state index contributed by atoms with van der Waals surface area (Å²) < 4.78 is 6.71. The van der Waals surface area contributed by atoms with E-state index in [-0.39, 0.29) is 0 Å². The molecule has 0 atom stereocenters. The van der Waals surface area contributed by atoms with Gasteiger partial charge in [-0.25, -0.2) is 4.68 Å². The summed E-state index contributed by atoms with van der Waals surface area (Å²) >= 11 is 1.55. The summed E-state index contributed by atoms with van der Waals surface area (Å²) in [5, 5.41) is 19.0. The Morgan fingerprint density at radius 3 is 2.65 bits per heavy atom. The average molecular weight is 429 g/mol. The van der Waals surface area contributed by atoms with Crippen LogP contribution in [0.5, 0.6) is 5.75 Å². The Kier molecular flexibility index (Phi) is 5.05. The van der Waals surface area contributed by atoms with Crippen molar-refractivity contribution in [2.45, 2.75) is 10.9 Å². The number of hydrogen-bond acceptors (Lipinski definition) is 6. The summed E-state index contributed by atoms with van der Waals surface area (Å²) in [7, 11) is 1.64. The first-order chi connectivity index (χ1) is 15.2. The molecule has 2 aromatic heterocycles. The molecule has 0 fully saturated rings. The van der Waals surface area contributed by atoms with Crippen LogP contribution in [0.3, 0.4) is 0 Å². The number of nitrogens with one attached hydrogen (secondary N) is 1. The van der Waals surface area contributed by atoms with Crippen molar-refractivity contribution < 1.29 is 4.74 Å². The Bertz CT molecular complexity index is 1340. The fourth-order valence-electron chi connectivity index (χ4n) is 3.47. The normalized spacial score (nSPS) is 11.1. The largest absolute Gasteiger partial charge is 0.497 e. The Morgan fingerprint density at radius 2 is 1.81 bits per heavy atom. The number of nitrogens with zero attached hydrogens (tertiary/aromatic N) is 4. The van der Waals surface area contributed by atoms with Crippen LogP contribution in [0.25, 0.3) is 33.5 Å². The second-order valence-electron chi connectivity index (χ2n) is 7.00. The summed E-state index contributed by atoms with van der Waals surface area (Å²) in [6.45, 7) is 0. The zero-order valence-corrected chi connectivity index (χ0v) is 17.6. The van der Waals surface area contributed by atoms with E-state index < -0.39 is 0 Å². The van der Waals surface area contributed by atoms with Crippen LogP contribution in [0, 0.1) is 0 Å². The maximum atomic E-state index is 6.30. The van der Waals surface area contributed by atoms with Gasteiger partial charge in [0.05, 0.1) is 12.8 Å². The number of H-pyrrole nitrogens is 1. The van der Waals surface area contributed by atoms with Gasteiger partial charge in [-0.2, -0.15) is 5.10 Å². The number of methoxy groups -OCH3 is 1. The Labute approximate surface area is 183 Å². The van der Waals surface area contributed by atoms with E-state index in [1.165, 1.54) is 21.0 Å². The van der Waals surface area contributed by atoms with Crippen LogP contribution < -0.4 is 10.6 Å². The lowest BCUT2D eigenvalue weighted by atomic mass is 10.1. The van der Waals surface area contributed by atoms with Crippen LogP contribution in [0.15, 0.2) is 78.0 Å². The highest BCUT2D eigenvalue weighted by molar-refractivity contribution is 7.98. The van der Waals surface area contributed by atoms with Gasteiger partial charge in [-0.1, -0.05) is 54.2 Å². The fourth-order valence-corrected chi connectivity index (χ4v) is 4.33. The van der Waals surface area contributed by atoms with Crippen LogP contribution in [0.4, 0.5) is 0 Å². The van der Waals surface area contributed by atoms with Crippen molar-refractivity contribution in [3.8, 4) is 28.5 Å². The third-order valence-corrected chi connectivity index (χ3v) is 6.10. The summed E-state index contributed by atoms with van der Waals surface area (Å²) in [5.74, 6) is 8.39. The highest BCUT2D eigenvalue weighted by Crippen LogP contribution is 2.29. The molecule has 5 aromatic rings. The summed E-state index contributed by atoms with van der Waals surface area (Å²) in [5.41, 5.74) is 3.70. The number of aromatic nitrogens is 5. The molecule has 0 amide bonds. The van der Waals surface area contributed by atoms with Gasteiger partial charge < -0.3 is 10.6 Å². The van der Waals surface area contributed by atoms with Crippen molar-refractivity contribution in [2.24, 2.45) is 0 Å². The molecule has 0 unspecified atom stereocenters. The van der Waals surface area contributed by atoms with E-state index in [2.05, 4.69) is 56.8 Å². The highest BCUT2D eigenvalue weighted by atomic mass is 32.2. The number of thioether (sulfide) groups is 1. The molecule has 0 aliphatic rings. The van der Waals surface area contributed by atoms with Crippen LogP contribution >= 0.6 is 11.8 Å². The minimum atomic E-state index is 0.535. The monoisotopic (exact) mass is 428 g/mol. The van der Waals surface area contributed by atoms with E-state index in [1.54, 1.807) is 18.9 Å². The first-order valence-corrected chi connectivity index (χ1v) is 10.7. The number of nitrogens with two attached hydrogens (primary N) is 1. The van der Waals surface area contributed by atoms with E-state index in [0.717, 1.165) is 22.8 Å². The van der Waals surface area contributed by atoms with Gasteiger partial charge in [-0.05, 0) is 46.7 Å². The fraction of sp³-hybridized carbons (Fsp3) is 0.0870. The molecule has 8 heteroatoms. The van der Waals surface area contributed by atoms with Crippen molar-refractivity contribution in [2.75, 3.05) is 13.0 Å². The lowest BCUT2D eigenvalue weighted by Gasteiger charge is -2.06. The van der Waals surface area contributed by atoms with Crippen LogP contribution in [-0.4, -0.2) is 32.2 Å².